The minimum Gasteiger partial charge on any atom is -0.322 e. The third-order valence-corrected chi connectivity index (χ3v) is 4.48. The molecule has 1 N–H and O–H groups in total. The van der Waals surface area contributed by atoms with Gasteiger partial charge in [0.2, 0.25) is 5.91 Å². The normalized spacial score (nSPS) is 9.93. The van der Waals surface area contributed by atoms with Crippen LogP contribution in [0.2, 0.25) is 0 Å². The molecule has 0 aliphatic rings. The smallest absolute Gasteiger partial charge is 0.255 e. The average Bonchev–Trinajstić information content (AvgIpc) is 2.80. The van der Waals surface area contributed by atoms with Crippen molar-refractivity contribution in [3.8, 4) is 11.8 Å². The molecule has 5 nitrogen and oxygen atoms in total. The molecule has 0 fully saturated rings. The number of amides is 2. The largest absolute Gasteiger partial charge is 0.322 e. The van der Waals surface area contributed by atoms with Crippen molar-refractivity contribution in [3.05, 3.63) is 89.7 Å². The molecule has 0 unspecified atom stereocenters. The molecule has 3 aromatic rings. The Hall–Kier alpha value is -3.91. The molecule has 2 amide bonds. The number of hydrogen-bond acceptors (Lipinski definition) is 3. The highest BCUT2D eigenvalue weighted by Crippen LogP contribution is 2.19. The molecule has 1 aromatic heterocycles. The van der Waals surface area contributed by atoms with Gasteiger partial charge in [-0.15, -0.1) is 0 Å². The van der Waals surface area contributed by atoms with Crippen LogP contribution in [0.15, 0.2) is 72.9 Å². The zero-order valence-corrected chi connectivity index (χ0v) is 17.1. The second-order valence-electron chi connectivity index (χ2n) is 6.54. The molecule has 0 bridgehead atoms. The molecule has 30 heavy (non-hydrogen) atoms. The van der Waals surface area contributed by atoms with Gasteiger partial charge in [-0.25, -0.2) is 4.98 Å². The van der Waals surface area contributed by atoms with Gasteiger partial charge in [-0.1, -0.05) is 25.0 Å². The minimum atomic E-state index is -0.221. The van der Waals surface area contributed by atoms with Crippen LogP contribution in [-0.2, 0) is 4.79 Å². The molecule has 0 aliphatic heterocycles. The summed E-state index contributed by atoms with van der Waals surface area (Å²) in [6, 6.07) is 20.0. The van der Waals surface area contributed by atoms with Crippen LogP contribution in [0.4, 0.5) is 11.4 Å². The van der Waals surface area contributed by atoms with Gasteiger partial charge in [0.15, 0.2) is 0 Å². The van der Waals surface area contributed by atoms with Crippen molar-refractivity contribution in [1.82, 2.24) is 4.98 Å². The van der Waals surface area contributed by atoms with E-state index in [2.05, 4.69) is 22.1 Å². The lowest BCUT2D eigenvalue weighted by molar-refractivity contribution is -0.118. The third-order valence-electron chi connectivity index (χ3n) is 4.48. The van der Waals surface area contributed by atoms with E-state index in [-0.39, 0.29) is 11.8 Å². The van der Waals surface area contributed by atoms with Gasteiger partial charge < -0.3 is 10.2 Å². The number of hydrogen-bond donors (Lipinski definition) is 1. The Labute approximate surface area is 176 Å². The molecule has 1 heterocycles. The van der Waals surface area contributed by atoms with Crippen molar-refractivity contribution >= 4 is 23.2 Å². The molecule has 3 rings (SSSR count). The quantitative estimate of drug-likeness (QED) is 0.645. The first kappa shape index (κ1) is 20.8. The maximum Gasteiger partial charge on any atom is 0.255 e. The van der Waals surface area contributed by atoms with Crippen LogP contribution in [0.1, 0.15) is 41.9 Å². The molecule has 0 saturated heterocycles. The van der Waals surface area contributed by atoms with Gasteiger partial charge >= 0.3 is 0 Å². The summed E-state index contributed by atoms with van der Waals surface area (Å²) < 4.78 is 0. The molecule has 0 spiro atoms. The fourth-order valence-corrected chi connectivity index (χ4v) is 2.93. The lowest BCUT2D eigenvalue weighted by atomic mass is 10.1. The van der Waals surface area contributed by atoms with Gasteiger partial charge in [0.25, 0.3) is 5.91 Å². The summed E-state index contributed by atoms with van der Waals surface area (Å²) in [5, 5.41) is 2.88. The van der Waals surface area contributed by atoms with E-state index in [4.69, 9.17) is 0 Å². The van der Waals surface area contributed by atoms with Crippen LogP contribution in [0, 0.1) is 11.8 Å². The van der Waals surface area contributed by atoms with E-state index in [0.717, 1.165) is 11.3 Å². The van der Waals surface area contributed by atoms with E-state index >= 15 is 0 Å². The summed E-state index contributed by atoms with van der Waals surface area (Å²) in [6.07, 6.45) is 2.14. The Morgan fingerprint density at radius 2 is 1.77 bits per heavy atom. The Kier molecular flexibility index (Phi) is 6.96. The summed E-state index contributed by atoms with van der Waals surface area (Å²) >= 11 is 0. The van der Waals surface area contributed by atoms with Crippen LogP contribution < -0.4 is 10.2 Å². The highest BCUT2D eigenvalue weighted by atomic mass is 16.2. The fourth-order valence-electron chi connectivity index (χ4n) is 2.93. The number of nitrogens with one attached hydrogen (secondary N) is 1. The van der Waals surface area contributed by atoms with Crippen LogP contribution in [0.25, 0.3) is 0 Å². The first-order valence-corrected chi connectivity index (χ1v) is 9.85. The van der Waals surface area contributed by atoms with Crippen LogP contribution in [-0.4, -0.2) is 23.3 Å². The van der Waals surface area contributed by atoms with Crippen molar-refractivity contribution in [2.45, 2.75) is 20.3 Å². The second-order valence-corrected chi connectivity index (χ2v) is 6.54. The van der Waals surface area contributed by atoms with Crippen LogP contribution in [0.3, 0.4) is 0 Å². The third kappa shape index (κ3) is 5.33. The van der Waals surface area contributed by atoms with E-state index in [0.29, 0.717) is 29.9 Å². The molecule has 0 radical (unpaired) electrons. The van der Waals surface area contributed by atoms with Gasteiger partial charge in [0.05, 0.1) is 0 Å². The lowest BCUT2D eigenvalue weighted by Gasteiger charge is -2.20. The van der Waals surface area contributed by atoms with Gasteiger partial charge in [-0.3, -0.25) is 9.59 Å². The number of carbonyl (C=O) groups excluding carboxylic acids is 2. The van der Waals surface area contributed by atoms with Crippen molar-refractivity contribution in [2.24, 2.45) is 0 Å². The number of rotatable bonds is 5. The topological polar surface area (TPSA) is 62.3 Å². The minimum absolute atomic E-state index is 0.0675. The number of pyridine rings is 1. The predicted octanol–water partition coefficient (Wildman–Crippen LogP) is 4.50. The lowest BCUT2D eigenvalue weighted by Crippen LogP contribution is -2.29. The summed E-state index contributed by atoms with van der Waals surface area (Å²) in [4.78, 5) is 30.5. The first-order chi connectivity index (χ1) is 14.6. The monoisotopic (exact) mass is 397 g/mol. The highest BCUT2D eigenvalue weighted by Gasteiger charge is 2.12. The predicted molar refractivity (Wildman–Crippen MR) is 119 cm³/mol. The van der Waals surface area contributed by atoms with Crippen molar-refractivity contribution in [2.75, 3.05) is 16.8 Å². The number of carbonyl (C=O) groups is 2. The average molecular weight is 397 g/mol. The van der Waals surface area contributed by atoms with Crippen molar-refractivity contribution in [1.29, 1.82) is 0 Å². The Morgan fingerprint density at radius 3 is 2.43 bits per heavy atom. The number of anilines is 2. The molecule has 150 valence electrons. The summed E-state index contributed by atoms with van der Waals surface area (Å²) in [6.45, 7) is 4.38. The van der Waals surface area contributed by atoms with Crippen LogP contribution >= 0.6 is 0 Å². The fraction of sp³-hybridized carbons (Fsp3) is 0.160. The molecule has 5 heteroatoms. The Balaban J connectivity index is 1.70. The second kappa shape index (κ2) is 10.0. The number of nitrogens with zero attached hydrogens (tertiary/aromatic N) is 2. The molecule has 2 aromatic carbocycles. The standard InChI is InChI=1S/C25H23N3O2/c1-3-24(29)28(4-2)23-15-13-22(14-16-23)27-25(30)20-9-7-8-19(18-20)11-12-21-10-5-6-17-26-21/h5-10,13-18H,3-4H2,1-2H3,(H,27,30). The summed E-state index contributed by atoms with van der Waals surface area (Å²) in [5.41, 5.74) is 3.40. The zero-order valence-electron chi connectivity index (χ0n) is 17.1. The molecular weight excluding hydrogens is 374 g/mol. The summed E-state index contributed by atoms with van der Waals surface area (Å²) in [7, 11) is 0. The molecule has 0 atom stereocenters. The maximum atomic E-state index is 12.6. The van der Waals surface area contributed by atoms with E-state index < -0.39 is 0 Å². The van der Waals surface area contributed by atoms with E-state index in [1.807, 2.05) is 50.2 Å². The van der Waals surface area contributed by atoms with Gasteiger partial charge in [-0.05, 0) is 67.4 Å². The van der Waals surface area contributed by atoms with E-state index in [1.54, 1.807) is 41.4 Å². The molecule has 0 aliphatic carbocycles. The number of aromatic nitrogens is 1. The Bertz CT molecular complexity index is 1080. The van der Waals surface area contributed by atoms with E-state index in [1.165, 1.54) is 0 Å². The van der Waals surface area contributed by atoms with Gasteiger partial charge in [0, 0.05) is 41.7 Å². The van der Waals surface area contributed by atoms with Gasteiger partial charge in [0.1, 0.15) is 5.69 Å². The van der Waals surface area contributed by atoms with Crippen molar-refractivity contribution < 1.29 is 9.59 Å². The zero-order chi connectivity index (χ0) is 21.3. The molecule has 0 saturated carbocycles. The van der Waals surface area contributed by atoms with Gasteiger partial charge in [-0.2, -0.15) is 0 Å². The first-order valence-electron chi connectivity index (χ1n) is 9.85. The summed E-state index contributed by atoms with van der Waals surface area (Å²) in [5.74, 6) is 5.87. The van der Waals surface area contributed by atoms with Crippen molar-refractivity contribution in [3.63, 3.8) is 0 Å². The highest BCUT2D eigenvalue weighted by molar-refractivity contribution is 6.04. The maximum absolute atomic E-state index is 12.6. The Morgan fingerprint density at radius 1 is 0.967 bits per heavy atom. The number of benzene rings is 2. The van der Waals surface area contributed by atoms with Crippen LogP contribution in [0.5, 0.6) is 0 Å². The SMILES string of the molecule is CCC(=O)N(CC)c1ccc(NC(=O)c2cccc(C#Cc3ccccn3)c2)cc1. The molecular formula is C25H23N3O2. The van der Waals surface area contributed by atoms with E-state index in [9.17, 15) is 9.59 Å².